The molecule has 146 valence electrons. The van der Waals surface area contributed by atoms with Crippen LogP contribution < -0.4 is 10.6 Å². The summed E-state index contributed by atoms with van der Waals surface area (Å²) in [6, 6.07) is 8.50. The Morgan fingerprint density at radius 2 is 1.78 bits per heavy atom. The van der Waals surface area contributed by atoms with Crippen LogP contribution in [0.3, 0.4) is 0 Å². The summed E-state index contributed by atoms with van der Waals surface area (Å²) < 4.78 is 27.5. The number of amidine groups is 1. The average Bonchev–Trinajstić information content (AvgIpc) is 3.41. The van der Waals surface area contributed by atoms with Crippen LogP contribution in [0.25, 0.3) is 0 Å². The lowest BCUT2D eigenvalue weighted by molar-refractivity contribution is 0.293. The maximum Gasteiger partial charge on any atom is 0.217 e. The summed E-state index contributed by atoms with van der Waals surface area (Å²) in [7, 11) is -3.18. The summed E-state index contributed by atoms with van der Waals surface area (Å²) in [4.78, 5) is 5.11. The number of para-hydroxylation sites is 2. The molecule has 4 aliphatic rings. The van der Waals surface area contributed by atoms with Crippen LogP contribution in [0, 0.1) is 0 Å². The van der Waals surface area contributed by atoms with E-state index in [9.17, 15) is 8.42 Å². The number of nitrogens with one attached hydrogen (secondary N) is 2. The molecule has 6 nitrogen and oxygen atoms in total. The molecule has 2 heterocycles. The van der Waals surface area contributed by atoms with Crippen molar-refractivity contribution in [3.63, 3.8) is 0 Å². The number of sulfonamides is 1. The number of hydrogen-bond acceptors (Lipinski definition) is 4. The number of aliphatic imine (C=N–C) groups is 1. The average molecular weight is 389 g/mol. The van der Waals surface area contributed by atoms with E-state index in [0.717, 1.165) is 55.7 Å². The van der Waals surface area contributed by atoms with Gasteiger partial charge in [-0.15, -0.1) is 0 Å². The minimum atomic E-state index is -3.18. The van der Waals surface area contributed by atoms with Gasteiger partial charge in [0, 0.05) is 13.1 Å². The van der Waals surface area contributed by atoms with Crippen molar-refractivity contribution in [1.82, 2.24) is 4.31 Å². The lowest BCUT2D eigenvalue weighted by atomic mass is 9.86. The fourth-order valence-electron chi connectivity index (χ4n) is 4.74. The van der Waals surface area contributed by atoms with Gasteiger partial charge in [-0.05, 0) is 50.7 Å². The molecule has 7 heteroatoms. The van der Waals surface area contributed by atoms with E-state index in [-0.39, 0.29) is 5.25 Å². The van der Waals surface area contributed by atoms with E-state index in [0.29, 0.717) is 19.1 Å². The molecule has 5 rings (SSSR count). The summed E-state index contributed by atoms with van der Waals surface area (Å²) in [5.41, 5.74) is 1.62. The van der Waals surface area contributed by atoms with Gasteiger partial charge in [0.15, 0.2) is 0 Å². The number of benzene rings is 1. The molecule has 2 aliphatic heterocycles. The van der Waals surface area contributed by atoms with E-state index in [1.165, 1.54) is 12.8 Å². The quantitative estimate of drug-likeness (QED) is 0.834. The molecule has 2 N–H and O–H groups in total. The molecule has 2 saturated carbocycles. The Labute approximate surface area is 161 Å². The molecule has 0 amide bonds. The van der Waals surface area contributed by atoms with Crippen molar-refractivity contribution in [2.45, 2.75) is 68.2 Å². The van der Waals surface area contributed by atoms with E-state index < -0.39 is 15.6 Å². The predicted molar refractivity (Wildman–Crippen MR) is 109 cm³/mol. The number of nitrogens with zero attached hydrogens (tertiary/aromatic N) is 2. The lowest BCUT2D eigenvalue weighted by Gasteiger charge is -2.47. The second kappa shape index (κ2) is 6.48. The van der Waals surface area contributed by atoms with Crippen molar-refractivity contribution < 1.29 is 8.42 Å². The first-order valence-corrected chi connectivity index (χ1v) is 11.8. The molecule has 1 aromatic carbocycles. The first-order chi connectivity index (χ1) is 13.1. The van der Waals surface area contributed by atoms with Gasteiger partial charge in [0.2, 0.25) is 10.0 Å². The molecule has 0 aromatic heterocycles. The molecule has 1 saturated heterocycles. The number of fused-ring (bicyclic) bond motifs is 1. The van der Waals surface area contributed by atoms with Gasteiger partial charge in [-0.2, -0.15) is 4.31 Å². The Balaban J connectivity index is 1.52. The van der Waals surface area contributed by atoms with Gasteiger partial charge < -0.3 is 10.6 Å². The van der Waals surface area contributed by atoms with Gasteiger partial charge >= 0.3 is 0 Å². The topological polar surface area (TPSA) is 73.8 Å². The highest BCUT2D eigenvalue weighted by Crippen LogP contribution is 2.40. The van der Waals surface area contributed by atoms with Crippen molar-refractivity contribution in [1.29, 1.82) is 0 Å². The highest BCUT2D eigenvalue weighted by atomic mass is 32.2. The lowest BCUT2D eigenvalue weighted by Crippen LogP contribution is -2.63. The highest BCUT2D eigenvalue weighted by molar-refractivity contribution is 7.90. The molecule has 0 bridgehead atoms. The van der Waals surface area contributed by atoms with Crippen LogP contribution in [-0.4, -0.2) is 48.5 Å². The van der Waals surface area contributed by atoms with E-state index in [1.807, 2.05) is 12.1 Å². The minimum absolute atomic E-state index is 0.160. The van der Waals surface area contributed by atoms with Crippen molar-refractivity contribution >= 4 is 27.2 Å². The van der Waals surface area contributed by atoms with Crippen LogP contribution in [-0.2, 0) is 10.0 Å². The number of rotatable bonds is 3. The minimum Gasteiger partial charge on any atom is -0.370 e. The molecule has 1 aromatic rings. The van der Waals surface area contributed by atoms with Crippen LogP contribution >= 0.6 is 0 Å². The summed E-state index contributed by atoms with van der Waals surface area (Å²) in [5.74, 6) is 0.934. The Bertz CT molecular complexity index is 858. The Hall–Kier alpha value is -1.60. The van der Waals surface area contributed by atoms with Crippen LogP contribution in [0.2, 0.25) is 0 Å². The third-order valence-electron chi connectivity index (χ3n) is 6.41. The zero-order chi connectivity index (χ0) is 18.5. The van der Waals surface area contributed by atoms with E-state index in [2.05, 4.69) is 22.8 Å². The largest absolute Gasteiger partial charge is 0.370 e. The molecule has 1 spiro atoms. The maximum absolute atomic E-state index is 12.9. The van der Waals surface area contributed by atoms with Crippen LogP contribution in [0.1, 0.15) is 51.4 Å². The monoisotopic (exact) mass is 388 g/mol. The molecular weight excluding hydrogens is 360 g/mol. The standard InChI is InChI=1S/C20H28N4O2S/c25-27(26,16-10-11-16)24-13-5-12-20(14-24)19(21-15-6-1-2-7-15)22-17-8-3-4-9-18(17)23-20/h3-4,8-9,15-16,23H,1-2,5-7,10-14H2,(H,21,22). The van der Waals surface area contributed by atoms with Gasteiger partial charge in [-0.1, -0.05) is 25.0 Å². The van der Waals surface area contributed by atoms with Crippen molar-refractivity contribution in [2.75, 3.05) is 23.7 Å². The normalized spacial score (nSPS) is 30.9. The van der Waals surface area contributed by atoms with Crippen LogP contribution in [0.5, 0.6) is 0 Å². The van der Waals surface area contributed by atoms with E-state index in [4.69, 9.17) is 4.99 Å². The molecule has 0 radical (unpaired) electrons. The van der Waals surface area contributed by atoms with Crippen molar-refractivity contribution in [3.8, 4) is 0 Å². The van der Waals surface area contributed by atoms with Gasteiger partial charge in [-0.25, -0.2) is 8.42 Å². The number of piperidine rings is 1. The van der Waals surface area contributed by atoms with Crippen LogP contribution in [0.4, 0.5) is 11.4 Å². The zero-order valence-corrected chi connectivity index (χ0v) is 16.5. The molecule has 1 unspecified atom stereocenters. The second-order valence-corrected chi connectivity index (χ2v) is 10.7. The van der Waals surface area contributed by atoms with Crippen molar-refractivity contribution in [3.05, 3.63) is 24.3 Å². The number of anilines is 2. The third-order valence-corrected chi connectivity index (χ3v) is 8.75. The summed E-state index contributed by atoms with van der Waals surface area (Å²) >= 11 is 0. The SMILES string of the molecule is O=S(=O)(C1CC1)N1CCCC2(C1)Nc1ccccc1NC2=NC1CCCC1. The molecule has 27 heavy (non-hydrogen) atoms. The molecule has 1 atom stereocenters. The summed E-state index contributed by atoms with van der Waals surface area (Å²) in [5, 5.41) is 7.11. The predicted octanol–water partition coefficient (Wildman–Crippen LogP) is 3.19. The van der Waals surface area contributed by atoms with Gasteiger partial charge in [0.1, 0.15) is 11.4 Å². The highest BCUT2D eigenvalue weighted by Gasteiger charge is 2.49. The number of hydrogen-bond donors (Lipinski definition) is 2. The van der Waals surface area contributed by atoms with Crippen LogP contribution in [0.15, 0.2) is 29.3 Å². The van der Waals surface area contributed by atoms with Crippen molar-refractivity contribution in [2.24, 2.45) is 4.99 Å². The zero-order valence-electron chi connectivity index (χ0n) is 15.7. The second-order valence-electron chi connectivity index (χ2n) is 8.48. The van der Waals surface area contributed by atoms with Gasteiger partial charge in [-0.3, -0.25) is 4.99 Å². The Morgan fingerprint density at radius 3 is 2.52 bits per heavy atom. The smallest absolute Gasteiger partial charge is 0.217 e. The fraction of sp³-hybridized carbons (Fsp3) is 0.650. The van der Waals surface area contributed by atoms with E-state index in [1.54, 1.807) is 4.31 Å². The fourth-order valence-corrected chi connectivity index (χ4v) is 6.68. The first-order valence-electron chi connectivity index (χ1n) is 10.3. The molecular formula is C20H28N4O2S. The third kappa shape index (κ3) is 3.14. The van der Waals surface area contributed by atoms with E-state index >= 15 is 0 Å². The Kier molecular flexibility index (Phi) is 4.20. The maximum atomic E-state index is 12.9. The first kappa shape index (κ1) is 17.5. The molecule has 2 aliphatic carbocycles. The summed E-state index contributed by atoms with van der Waals surface area (Å²) in [6.07, 6.45) is 8.11. The molecule has 3 fully saturated rings. The Morgan fingerprint density at radius 1 is 1.04 bits per heavy atom. The van der Waals surface area contributed by atoms with Gasteiger partial charge in [0.25, 0.3) is 0 Å². The summed E-state index contributed by atoms with van der Waals surface area (Å²) in [6.45, 7) is 1.10. The van der Waals surface area contributed by atoms with Gasteiger partial charge in [0.05, 0.1) is 22.7 Å².